The number of imide groups is 1. The van der Waals surface area contributed by atoms with E-state index in [1.807, 2.05) is 24.3 Å². The van der Waals surface area contributed by atoms with Crippen molar-refractivity contribution in [3.63, 3.8) is 0 Å². The van der Waals surface area contributed by atoms with Crippen LogP contribution in [-0.4, -0.2) is 17.7 Å². The summed E-state index contributed by atoms with van der Waals surface area (Å²) in [7, 11) is 0. The van der Waals surface area contributed by atoms with Crippen molar-refractivity contribution < 1.29 is 14.4 Å². The molecule has 1 N–H and O–H groups in total. The topological polar surface area (TPSA) is 66.5 Å². The number of amides is 3. The molecule has 0 radical (unpaired) electrons. The number of anilines is 2. The third-order valence-electron chi connectivity index (χ3n) is 4.78. The van der Waals surface area contributed by atoms with Crippen LogP contribution in [0.3, 0.4) is 0 Å². The van der Waals surface area contributed by atoms with Crippen molar-refractivity contribution in [1.29, 1.82) is 0 Å². The van der Waals surface area contributed by atoms with Gasteiger partial charge in [0.05, 0.1) is 16.8 Å². The standard InChI is InChI=1S/C23H18N2O3/c1-2-15-10-12-17(13-11-15)24-21(26)16-6-5-7-18(14-16)25-22(27)19-8-3-4-9-20(19)23(25)28/h3-14H,2H2,1H3,(H,24,26). The van der Waals surface area contributed by atoms with Gasteiger partial charge in [0.1, 0.15) is 0 Å². The van der Waals surface area contributed by atoms with E-state index in [4.69, 9.17) is 0 Å². The second kappa shape index (κ2) is 7.12. The predicted molar refractivity (Wildman–Crippen MR) is 108 cm³/mol. The van der Waals surface area contributed by atoms with Crippen LogP contribution in [0.25, 0.3) is 0 Å². The van der Waals surface area contributed by atoms with E-state index in [-0.39, 0.29) is 17.7 Å². The zero-order valence-electron chi connectivity index (χ0n) is 15.3. The Bertz CT molecular complexity index is 1050. The molecule has 0 saturated carbocycles. The molecule has 0 fully saturated rings. The summed E-state index contributed by atoms with van der Waals surface area (Å²) in [4.78, 5) is 39.0. The third kappa shape index (κ3) is 3.07. The van der Waals surface area contributed by atoms with E-state index in [0.717, 1.165) is 11.3 Å². The number of aryl methyl sites for hydroxylation is 1. The first kappa shape index (κ1) is 17.7. The molecule has 1 aliphatic heterocycles. The van der Waals surface area contributed by atoms with Crippen LogP contribution in [0.4, 0.5) is 11.4 Å². The van der Waals surface area contributed by atoms with Gasteiger partial charge in [0.2, 0.25) is 0 Å². The number of nitrogens with zero attached hydrogens (tertiary/aromatic N) is 1. The molecule has 1 heterocycles. The molecule has 3 amide bonds. The van der Waals surface area contributed by atoms with Gasteiger partial charge in [-0.2, -0.15) is 0 Å². The van der Waals surface area contributed by atoms with Gasteiger partial charge in [0.25, 0.3) is 17.7 Å². The van der Waals surface area contributed by atoms with Crippen LogP contribution < -0.4 is 10.2 Å². The van der Waals surface area contributed by atoms with Crippen molar-refractivity contribution in [3.05, 3.63) is 95.1 Å². The molecule has 138 valence electrons. The van der Waals surface area contributed by atoms with Gasteiger partial charge in [-0.25, -0.2) is 4.90 Å². The molecule has 0 atom stereocenters. The molecule has 0 aromatic heterocycles. The van der Waals surface area contributed by atoms with Crippen LogP contribution in [0.15, 0.2) is 72.8 Å². The van der Waals surface area contributed by atoms with Crippen LogP contribution in [0, 0.1) is 0 Å². The largest absolute Gasteiger partial charge is 0.322 e. The minimum Gasteiger partial charge on any atom is -0.322 e. The summed E-state index contributed by atoms with van der Waals surface area (Å²) in [5.74, 6) is -1.07. The van der Waals surface area contributed by atoms with Crippen molar-refractivity contribution in [2.75, 3.05) is 10.2 Å². The first-order valence-corrected chi connectivity index (χ1v) is 9.06. The van der Waals surface area contributed by atoms with Gasteiger partial charge in [0, 0.05) is 11.3 Å². The lowest BCUT2D eigenvalue weighted by Crippen LogP contribution is -2.29. The summed E-state index contributed by atoms with van der Waals surface area (Å²) in [6.45, 7) is 2.07. The third-order valence-corrected chi connectivity index (χ3v) is 4.78. The Morgan fingerprint density at radius 2 is 1.50 bits per heavy atom. The smallest absolute Gasteiger partial charge is 0.266 e. The van der Waals surface area contributed by atoms with E-state index in [0.29, 0.717) is 28.1 Å². The highest BCUT2D eigenvalue weighted by atomic mass is 16.2. The van der Waals surface area contributed by atoms with E-state index >= 15 is 0 Å². The Labute approximate surface area is 162 Å². The molecule has 5 heteroatoms. The number of nitrogens with one attached hydrogen (secondary N) is 1. The molecule has 0 spiro atoms. The molecule has 0 aliphatic carbocycles. The second-order valence-electron chi connectivity index (χ2n) is 6.55. The number of benzene rings is 3. The zero-order valence-corrected chi connectivity index (χ0v) is 15.3. The van der Waals surface area contributed by atoms with Gasteiger partial charge >= 0.3 is 0 Å². The number of hydrogen-bond acceptors (Lipinski definition) is 3. The Morgan fingerprint density at radius 3 is 2.11 bits per heavy atom. The van der Waals surface area contributed by atoms with Crippen LogP contribution in [0.1, 0.15) is 43.6 Å². The second-order valence-corrected chi connectivity index (χ2v) is 6.55. The number of carbonyl (C=O) groups excluding carboxylic acids is 3. The van der Waals surface area contributed by atoms with Crippen molar-refractivity contribution in [3.8, 4) is 0 Å². The summed E-state index contributed by atoms with van der Waals surface area (Å²) in [5.41, 5.74) is 3.37. The molecule has 28 heavy (non-hydrogen) atoms. The normalized spacial score (nSPS) is 12.8. The monoisotopic (exact) mass is 370 g/mol. The Hall–Kier alpha value is -3.73. The lowest BCUT2D eigenvalue weighted by molar-refractivity contribution is 0.0924. The van der Waals surface area contributed by atoms with E-state index in [2.05, 4.69) is 12.2 Å². The van der Waals surface area contributed by atoms with E-state index < -0.39 is 0 Å². The quantitative estimate of drug-likeness (QED) is 0.696. The summed E-state index contributed by atoms with van der Waals surface area (Å²) >= 11 is 0. The molecule has 5 nitrogen and oxygen atoms in total. The molecule has 0 saturated heterocycles. The minimum atomic E-state index is -0.381. The zero-order chi connectivity index (χ0) is 19.7. The molecule has 0 unspecified atom stereocenters. The predicted octanol–water partition coefficient (Wildman–Crippen LogP) is 4.30. The summed E-state index contributed by atoms with van der Waals surface area (Å²) < 4.78 is 0. The van der Waals surface area contributed by atoms with Gasteiger partial charge < -0.3 is 5.32 Å². The maximum Gasteiger partial charge on any atom is 0.266 e. The SMILES string of the molecule is CCc1ccc(NC(=O)c2cccc(N3C(=O)c4ccccc4C3=O)c2)cc1. The molecule has 4 rings (SSSR count). The Morgan fingerprint density at radius 1 is 0.857 bits per heavy atom. The van der Waals surface area contributed by atoms with Crippen molar-refractivity contribution in [2.24, 2.45) is 0 Å². The first-order valence-electron chi connectivity index (χ1n) is 9.06. The average Bonchev–Trinajstić information content (AvgIpc) is 2.99. The number of carbonyl (C=O) groups is 3. The Balaban J connectivity index is 1.59. The number of hydrogen-bond donors (Lipinski definition) is 1. The van der Waals surface area contributed by atoms with Crippen molar-refractivity contribution >= 4 is 29.1 Å². The van der Waals surface area contributed by atoms with Crippen LogP contribution in [-0.2, 0) is 6.42 Å². The first-order chi connectivity index (χ1) is 13.6. The maximum absolute atomic E-state index is 12.6. The molecule has 0 bridgehead atoms. The molecule has 3 aromatic rings. The van der Waals surface area contributed by atoms with Crippen LogP contribution >= 0.6 is 0 Å². The Kier molecular flexibility index (Phi) is 4.49. The lowest BCUT2D eigenvalue weighted by Gasteiger charge is -2.15. The molecular weight excluding hydrogens is 352 g/mol. The molecule has 1 aliphatic rings. The van der Waals surface area contributed by atoms with E-state index in [1.54, 1.807) is 48.5 Å². The molecular formula is C23H18N2O3. The summed E-state index contributed by atoms with van der Waals surface area (Å²) in [5, 5.41) is 2.84. The summed E-state index contributed by atoms with van der Waals surface area (Å²) in [6.07, 6.45) is 0.927. The van der Waals surface area contributed by atoms with Gasteiger partial charge in [-0.3, -0.25) is 14.4 Å². The highest BCUT2D eigenvalue weighted by molar-refractivity contribution is 6.34. The fourth-order valence-electron chi connectivity index (χ4n) is 3.24. The highest BCUT2D eigenvalue weighted by Gasteiger charge is 2.36. The van der Waals surface area contributed by atoms with Crippen molar-refractivity contribution in [2.45, 2.75) is 13.3 Å². The van der Waals surface area contributed by atoms with E-state index in [9.17, 15) is 14.4 Å². The highest BCUT2D eigenvalue weighted by Crippen LogP contribution is 2.28. The fraction of sp³-hybridized carbons (Fsp3) is 0.0870. The van der Waals surface area contributed by atoms with Crippen molar-refractivity contribution in [1.82, 2.24) is 0 Å². The molecule has 3 aromatic carbocycles. The lowest BCUT2D eigenvalue weighted by atomic mass is 10.1. The van der Waals surface area contributed by atoms with Gasteiger partial charge in [-0.15, -0.1) is 0 Å². The number of fused-ring (bicyclic) bond motifs is 1. The average molecular weight is 370 g/mol. The van der Waals surface area contributed by atoms with Gasteiger partial charge in [0.15, 0.2) is 0 Å². The minimum absolute atomic E-state index is 0.303. The fourth-order valence-corrected chi connectivity index (χ4v) is 3.24. The summed E-state index contributed by atoms with van der Waals surface area (Å²) in [6, 6.07) is 20.9. The van der Waals surface area contributed by atoms with Gasteiger partial charge in [-0.05, 0) is 54.4 Å². The van der Waals surface area contributed by atoms with Gasteiger partial charge in [-0.1, -0.05) is 37.3 Å². The maximum atomic E-state index is 12.6. The number of rotatable bonds is 4. The van der Waals surface area contributed by atoms with Crippen LogP contribution in [0.5, 0.6) is 0 Å². The van der Waals surface area contributed by atoms with E-state index in [1.165, 1.54) is 5.56 Å². The van der Waals surface area contributed by atoms with Crippen LogP contribution in [0.2, 0.25) is 0 Å².